The normalized spacial score (nSPS) is 12.7. The fraction of sp³-hybridized carbons (Fsp3) is 0.0909. The van der Waals surface area contributed by atoms with E-state index in [1.54, 1.807) is 0 Å². The molecule has 0 bridgehead atoms. The summed E-state index contributed by atoms with van der Waals surface area (Å²) in [5.74, 6) is 0.976. The van der Waals surface area contributed by atoms with E-state index in [1.807, 2.05) is 24.4 Å². The van der Waals surface area contributed by atoms with Crippen molar-refractivity contribution >= 4 is 28.1 Å². The van der Waals surface area contributed by atoms with Gasteiger partial charge in [-0.25, -0.2) is 4.98 Å². The molecule has 0 aliphatic carbocycles. The van der Waals surface area contributed by atoms with Gasteiger partial charge >= 0.3 is 0 Å². The highest BCUT2D eigenvalue weighted by molar-refractivity contribution is 5.86. The van der Waals surface area contributed by atoms with Crippen molar-refractivity contribution < 1.29 is 0 Å². The number of benzene rings is 4. The molecule has 3 heterocycles. The van der Waals surface area contributed by atoms with E-state index in [2.05, 4.69) is 112 Å². The Morgan fingerprint density at radius 1 is 0.649 bits per heavy atom. The van der Waals surface area contributed by atoms with Crippen LogP contribution in [0.25, 0.3) is 33.7 Å². The molecule has 2 aromatic heterocycles. The first kappa shape index (κ1) is 21.6. The second-order valence-corrected chi connectivity index (χ2v) is 9.56. The lowest BCUT2D eigenvalue weighted by Gasteiger charge is -2.28. The quantitative estimate of drug-likeness (QED) is 0.259. The van der Waals surface area contributed by atoms with Crippen LogP contribution >= 0.6 is 0 Å². The number of rotatable bonds is 3. The van der Waals surface area contributed by atoms with Crippen LogP contribution in [0.1, 0.15) is 11.1 Å². The molecule has 0 atom stereocenters. The van der Waals surface area contributed by atoms with Crippen LogP contribution in [0.5, 0.6) is 0 Å². The number of hydrogen-bond donors (Lipinski definition) is 0. The second-order valence-electron chi connectivity index (χ2n) is 9.56. The predicted octanol–water partition coefficient (Wildman–Crippen LogP) is 7.87. The molecule has 1 aliphatic heterocycles. The summed E-state index contributed by atoms with van der Waals surface area (Å²) in [5.41, 5.74) is 11.6. The Balaban J connectivity index is 1.43. The Morgan fingerprint density at radius 2 is 1.46 bits per heavy atom. The van der Waals surface area contributed by atoms with Gasteiger partial charge in [-0.2, -0.15) is 0 Å². The van der Waals surface area contributed by atoms with Crippen LogP contribution in [0.2, 0.25) is 0 Å². The maximum absolute atomic E-state index is 4.99. The SMILES string of the molecule is Cn1c(-c2ccc3c(c2)N(c2cccc(-c4ccccn4)c2)c2ccccc2CC3)nc2ccccc21. The molecule has 0 saturated heterocycles. The first-order chi connectivity index (χ1) is 18.3. The number of aryl methyl sites for hydroxylation is 3. The van der Waals surface area contributed by atoms with E-state index in [9.17, 15) is 0 Å². The average Bonchev–Trinajstić information content (AvgIpc) is 3.20. The number of nitrogens with zero attached hydrogens (tertiary/aromatic N) is 4. The van der Waals surface area contributed by atoms with E-state index in [0.717, 1.165) is 52.2 Å². The number of hydrogen-bond acceptors (Lipinski definition) is 3. The van der Waals surface area contributed by atoms with Crippen molar-refractivity contribution in [2.24, 2.45) is 7.05 Å². The fourth-order valence-electron chi connectivity index (χ4n) is 5.48. The lowest BCUT2D eigenvalue weighted by molar-refractivity contribution is 0.956. The number of fused-ring (bicyclic) bond motifs is 3. The van der Waals surface area contributed by atoms with Gasteiger partial charge in [-0.05, 0) is 72.5 Å². The van der Waals surface area contributed by atoms with Gasteiger partial charge in [0, 0.05) is 35.7 Å². The number of anilines is 3. The molecule has 0 unspecified atom stereocenters. The molecule has 1 aliphatic rings. The molecule has 0 radical (unpaired) electrons. The first-order valence-electron chi connectivity index (χ1n) is 12.7. The zero-order chi connectivity index (χ0) is 24.8. The van der Waals surface area contributed by atoms with Crippen LogP contribution in [-0.2, 0) is 19.9 Å². The smallest absolute Gasteiger partial charge is 0.140 e. The number of aromatic nitrogens is 3. The molecule has 0 amide bonds. The Labute approximate surface area is 216 Å². The van der Waals surface area contributed by atoms with E-state index in [4.69, 9.17) is 4.98 Å². The second kappa shape index (κ2) is 8.75. The van der Waals surface area contributed by atoms with E-state index in [0.29, 0.717) is 0 Å². The molecule has 0 saturated carbocycles. The summed E-state index contributed by atoms with van der Waals surface area (Å²) >= 11 is 0. The summed E-state index contributed by atoms with van der Waals surface area (Å²) in [6, 6.07) is 38.6. The molecule has 4 nitrogen and oxygen atoms in total. The van der Waals surface area contributed by atoms with Crippen molar-refractivity contribution in [3.05, 3.63) is 127 Å². The third-order valence-corrected chi connectivity index (χ3v) is 7.33. The average molecular weight is 479 g/mol. The molecule has 37 heavy (non-hydrogen) atoms. The summed E-state index contributed by atoms with van der Waals surface area (Å²) in [4.78, 5) is 12.0. The van der Waals surface area contributed by atoms with Crippen LogP contribution < -0.4 is 4.90 Å². The fourth-order valence-corrected chi connectivity index (χ4v) is 5.48. The van der Waals surface area contributed by atoms with Gasteiger partial charge in [0.25, 0.3) is 0 Å². The number of pyridine rings is 1. The Hall–Kier alpha value is -4.70. The van der Waals surface area contributed by atoms with Gasteiger partial charge in [-0.15, -0.1) is 0 Å². The van der Waals surface area contributed by atoms with E-state index < -0.39 is 0 Å². The van der Waals surface area contributed by atoms with Crippen molar-refractivity contribution in [3.8, 4) is 22.6 Å². The van der Waals surface area contributed by atoms with Gasteiger partial charge < -0.3 is 9.47 Å². The van der Waals surface area contributed by atoms with Gasteiger partial charge in [0.05, 0.1) is 22.4 Å². The molecule has 4 aromatic carbocycles. The highest BCUT2D eigenvalue weighted by Crippen LogP contribution is 2.44. The minimum absolute atomic E-state index is 0.973. The van der Waals surface area contributed by atoms with Crippen LogP contribution in [0.4, 0.5) is 17.1 Å². The maximum atomic E-state index is 4.99. The summed E-state index contributed by atoms with van der Waals surface area (Å²) in [7, 11) is 2.10. The van der Waals surface area contributed by atoms with Gasteiger partial charge in [0.15, 0.2) is 0 Å². The van der Waals surface area contributed by atoms with Crippen molar-refractivity contribution in [3.63, 3.8) is 0 Å². The first-order valence-corrected chi connectivity index (χ1v) is 12.7. The molecular formula is C33H26N4. The lowest BCUT2D eigenvalue weighted by Crippen LogP contribution is -2.12. The minimum atomic E-state index is 0.973. The Kier molecular flexibility index (Phi) is 5.10. The zero-order valence-corrected chi connectivity index (χ0v) is 20.7. The van der Waals surface area contributed by atoms with Crippen molar-refractivity contribution in [1.29, 1.82) is 0 Å². The molecule has 6 aromatic rings. The van der Waals surface area contributed by atoms with E-state index in [-0.39, 0.29) is 0 Å². The molecule has 4 heteroatoms. The Morgan fingerprint density at radius 3 is 2.32 bits per heavy atom. The monoisotopic (exact) mass is 478 g/mol. The van der Waals surface area contributed by atoms with E-state index >= 15 is 0 Å². The largest absolute Gasteiger partial charge is 0.327 e. The number of imidazole rings is 1. The third kappa shape index (κ3) is 3.69. The summed E-state index contributed by atoms with van der Waals surface area (Å²) in [6.45, 7) is 0. The standard InChI is InChI=1S/C33H26N4/c1-36-31-15-5-3-13-29(31)35-33(36)26-19-18-24-17-16-23-9-2-4-14-30(23)37(32(24)22-26)27-11-8-10-25(21-27)28-12-6-7-20-34-28/h2-15,18-22H,16-17H2,1H3. The molecule has 0 fully saturated rings. The summed E-state index contributed by atoms with van der Waals surface area (Å²) in [5, 5.41) is 0. The topological polar surface area (TPSA) is 34.0 Å². The maximum Gasteiger partial charge on any atom is 0.140 e. The highest BCUT2D eigenvalue weighted by Gasteiger charge is 2.24. The molecule has 7 rings (SSSR count). The van der Waals surface area contributed by atoms with Crippen LogP contribution in [-0.4, -0.2) is 14.5 Å². The lowest BCUT2D eigenvalue weighted by atomic mass is 10.0. The van der Waals surface area contributed by atoms with Crippen molar-refractivity contribution in [2.45, 2.75) is 12.8 Å². The van der Waals surface area contributed by atoms with Crippen LogP contribution in [0, 0.1) is 0 Å². The molecule has 178 valence electrons. The third-order valence-electron chi connectivity index (χ3n) is 7.33. The summed E-state index contributed by atoms with van der Waals surface area (Å²) in [6.07, 6.45) is 3.85. The predicted molar refractivity (Wildman–Crippen MR) is 151 cm³/mol. The molecular weight excluding hydrogens is 452 g/mol. The molecule has 0 spiro atoms. The van der Waals surface area contributed by atoms with Crippen molar-refractivity contribution in [1.82, 2.24) is 14.5 Å². The number of para-hydroxylation sites is 3. The van der Waals surface area contributed by atoms with Gasteiger partial charge in [0.1, 0.15) is 5.82 Å². The van der Waals surface area contributed by atoms with Gasteiger partial charge in [-0.1, -0.05) is 60.7 Å². The van der Waals surface area contributed by atoms with Crippen LogP contribution in [0.3, 0.4) is 0 Å². The Bertz CT molecular complexity index is 1750. The highest BCUT2D eigenvalue weighted by atomic mass is 15.2. The van der Waals surface area contributed by atoms with Gasteiger partial charge in [-0.3, -0.25) is 4.98 Å². The zero-order valence-electron chi connectivity index (χ0n) is 20.7. The minimum Gasteiger partial charge on any atom is -0.327 e. The molecule has 0 N–H and O–H groups in total. The van der Waals surface area contributed by atoms with Gasteiger partial charge in [0.2, 0.25) is 0 Å². The van der Waals surface area contributed by atoms with Crippen LogP contribution in [0.15, 0.2) is 115 Å². The van der Waals surface area contributed by atoms with Crippen molar-refractivity contribution in [2.75, 3.05) is 4.90 Å². The summed E-state index contributed by atoms with van der Waals surface area (Å²) < 4.78 is 2.19. The van der Waals surface area contributed by atoms with E-state index in [1.165, 1.54) is 22.5 Å².